The summed E-state index contributed by atoms with van der Waals surface area (Å²) >= 11 is 0. The largest absolute Gasteiger partial charge is 0.497 e. The molecule has 2 aliphatic carbocycles. The molecule has 1 aromatic heterocycles. The monoisotopic (exact) mass is 449 g/mol. The van der Waals surface area contributed by atoms with Crippen LogP contribution in [0.4, 0.5) is 0 Å². The molecule has 1 aliphatic heterocycles. The summed E-state index contributed by atoms with van der Waals surface area (Å²) in [7, 11) is 1.68. The first-order valence-electron chi connectivity index (χ1n) is 12.2. The summed E-state index contributed by atoms with van der Waals surface area (Å²) in [6.45, 7) is 8.87. The minimum absolute atomic E-state index is 0.0305. The summed E-state index contributed by atoms with van der Waals surface area (Å²) in [6, 6.07) is 12.0. The predicted octanol–water partition coefficient (Wildman–Crippen LogP) is 5.60. The van der Waals surface area contributed by atoms with Crippen LogP contribution < -0.4 is 4.74 Å². The van der Waals surface area contributed by atoms with E-state index in [-0.39, 0.29) is 29.3 Å². The highest BCUT2D eigenvalue weighted by molar-refractivity contribution is 5.75. The SMILES string of the molecule is C=C1CCC[C@@]2(C)C[C@@H]3OC(=O)C(CN(Cc4ccc(OC)cc4)Cc4ccco4)[C@@H]3C[C@H]12. The Hall–Kier alpha value is -2.53. The van der Waals surface area contributed by atoms with Crippen LogP contribution in [-0.4, -0.2) is 30.6 Å². The number of methoxy groups -OCH3 is 1. The molecule has 0 N–H and O–H groups in total. The molecule has 3 aliphatic rings. The lowest BCUT2D eigenvalue weighted by atomic mass is 9.55. The Bertz CT molecular complexity index is 982. The van der Waals surface area contributed by atoms with Gasteiger partial charge in [-0.05, 0) is 73.3 Å². The van der Waals surface area contributed by atoms with E-state index in [2.05, 4.69) is 30.5 Å². The number of rotatable bonds is 7. The van der Waals surface area contributed by atoms with E-state index in [9.17, 15) is 4.79 Å². The van der Waals surface area contributed by atoms with Crippen molar-refractivity contribution >= 4 is 5.97 Å². The van der Waals surface area contributed by atoms with Crippen LogP contribution in [-0.2, 0) is 22.6 Å². The van der Waals surface area contributed by atoms with E-state index >= 15 is 0 Å². The number of hydrogen-bond donors (Lipinski definition) is 0. The topological polar surface area (TPSA) is 51.9 Å². The van der Waals surface area contributed by atoms with Crippen molar-refractivity contribution in [2.75, 3.05) is 13.7 Å². The van der Waals surface area contributed by atoms with Crippen molar-refractivity contribution in [3.05, 3.63) is 66.1 Å². The molecule has 5 nitrogen and oxygen atoms in total. The maximum Gasteiger partial charge on any atom is 0.310 e. The van der Waals surface area contributed by atoms with Gasteiger partial charge in [0.25, 0.3) is 0 Å². The molecular formula is C28H35NO4. The van der Waals surface area contributed by atoms with E-state index in [0.29, 0.717) is 19.0 Å². The summed E-state index contributed by atoms with van der Waals surface area (Å²) < 4.78 is 17.0. The van der Waals surface area contributed by atoms with E-state index < -0.39 is 0 Å². The van der Waals surface area contributed by atoms with Crippen molar-refractivity contribution in [3.63, 3.8) is 0 Å². The number of allylic oxidation sites excluding steroid dienone is 1. The van der Waals surface area contributed by atoms with Crippen LogP contribution in [0.1, 0.15) is 50.4 Å². The van der Waals surface area contributed by atoms with Crippen molar-refractivity contribution in [2.24, 2.45) is 23.2 Å². The number of nitrogens with zero attached hydrogens (tertiary/aromatic N) is 1. The fraction of sp³-hybridized carbons (Fsp3) is 0.536. The highest BCUT2D eigenvalue weighted by Gasteiger charge is 2.55. The molecule has 33 heavy (non-hydrogen) atoms. The van der Waals surface area contributed by atoms with Crippen LogP contribution in [0.3, 0.4) is 0 Å². The van der Waals surface area contributed by atoms with Crippen molar-refractivity contribution in [1.29, 1.82) is 0 Å². The Morgan fingerprint density at radius 3 is 2.76 bits per heavy atom. The molecule has 2 heterocycles. The Balaban J connectivity index is 1.35. The standard InChI is InChI=1S/C28H35NO4/c1-19-6-4-12-28(2)15-26-23(14-25(19)28)24(27(30)33-26)18-29(17-22-7-5-13-32-22)16-20-8-10-21(31-3)11-9-20/h5,7-11,13,23-26H,1,4,6,12,14-18H2,2-3H3/t23-,24?,25+,26-,28-/m0/s1. The number of carbonyl (C=O) groups is 1. The lowest BCUT2D eigenvalue weighted by Crippen LogP contribution is -2.45. The Labute approximate surface area is 196 Å². The van der Waals surface area contributed by atoms with Gasteiger partial charge in [-0.2, -0.15) is 0 Å². The molecule has 5 heteroatoms. The zero-order valence-corrected chi connectivity index (χ0v) is 19.8. The zero-order valence-electron chi connectivity index (χ0n) is 19.8. The molecule has 3 fully saturated rings. The second-order valence-electron chi connectivity index (χ2n) is 10.5. The molecule has 176 valence electrons. The number of benzene rings is 1. The number of fused-ring (bicyclic) bond motifs is 2. The van der Waals surface area contributed by atoms with Crippen molar-refractivity contribution in [1.82, 2.24) is 4.90 Å². The number of esters is 1. The molecule has 0 radical (unpaired) electrons. The van der Waals surface area contributed by atoms with Crippen molar-refractivity contribution in [3.8, 4) is 5.75 Å². The first-order valence-corrected chi connectivity index (χ1v) is 12.2. The number of hydrogen-bond acceptors (Lipinski definition) is 5. The highest BCUT2D eigenvalue weighted by atomic mass is 16.6. The van der Waals surface area contributed by atoms with Gasteiger partial charge in [0.05, 0.1) is 25.8 Å². The van der Waals surface area contributed by atoms with Gasteiger partial charge in [0.2, 0.25) is 0 Å². The van der Waals surface area contributed by atoms with E-state index in [1.54, 1.807) is 13.4 Å². The van der Waals surface area contributed by atoms with Crippen LogP contribution in [0.25, 0.3) is 0 Å². The first-order chi connectivity index (χ1) is 15.9. The molecule has 1 aromatic carbocycles. The first kappa shape index (κ1) is 22.3. The zero-order chi connectivity index (χ0) is 23.0. The minimum Gasteiger partial charge on any atom is -0.497 e. The molecule has 1 saturated heterocycles. The Morgan fingerprint density at radius 2 is 2.03 bits per heavy atom. The highest BCUT2D eigenvalue weighted by Crippen LogP contribution is 2.57. The molecule has 2 aromatic rings. The van der Waals surface area contributed by atoms with Gasteiger partial charge in [-0.25, -0.2) is 0 Å². The molecule has 0 bridgehead atoms. The third-order valence-electron chi connectivity index (χ3n) is 8.30. The lowest BCUT2D eigenvalue weighted by molar-refractivity contribution is -0.146. The summed E-state index contributed by atoms with van der Waals surface area (Å²) in [5.41, 5.74) is 2.79. The number of furan rings is 1. The van der Waals surface area contributed by atoms with Crippen LogP contribution in [0.5, 0.6) is 5.75 Å². The van der Waals surface area contributed by atoms with E-state index in [1.165, 1.54) is 24.0 Å². The summed E-state index contributed by atoms with van der Waals surface area (Å²) in [5.74, 6) is 2.38. The van der Waals surface area contributed by atoms with Gasteiger partial charge in [0.1, 0.15) is 17.6 Å². The second kappa shape index (κ2) is 9.02. The molecule has 5 atom stereocenters. The van der Waals surface area contributed by atoms with Gasteiger partial charge >= 0.3 is 5.97 Å². The van der Waals surface area contributed by atoms with Gasteiger partial charge in [-0.15, -0.1) is 0 Å². The molecular weight excluding hydrogens is 414 g/mol. The summed E-state index contributed by atoms with van der Waals surface area (Å²) in [4.78, 5) is 15.4. The van der Waals surface area contributed by atoms with Crippen LogP contribution in [0.15, 0.2) is 59.2 Å². The molecule has 1 unspecified atom stereocenters. The maximum atomic E-state index is 13.1. The molecule has 0 amide bonds. The third-order valence-corrected chi connectivity index (χ3v) is 8.30. The number of ether oxygens (including phenoxy) is 2. The summed E-state index contributed by atoms with van der Waals surface area (Å²) in [5, 5.41) is 0. The Kier molecular flexibility index (Phi) is 6.09. The average Bonchev–Trinajstić information content (AvgIpc) is 3.40. The summed E-state index contributed by atoms with van der Waals surface area (Å²) in [6.07, 6.45) is 7.29. The van der Waals surface area contributed by atoms with Crippen LogP contribution in [0.2, 0.25) is 0 Å². The molecule has 2 saturated carbocycles. The lowest BCUT2D eigenvalue weighted by Gasteiger charge is -2.50. The van der Waals surface area contributed by atoms with Crippen LogP contribution in [0, 0.1) is 23.2 Å². The van der Waals surface area contributed by atoms with Gasteiger partial charge in [-0.1, -0.05) is 31.2 Å². The fourth-order valence-corrected chi connectivity index (χ4v) is 6.54. The molecule has 5 rings (SSSR count). The van der Waals surface area contributed by atoms with Gasteiger partial charge in [0, 0.05) is 19.0 Å². The number of carbonyl (C=O) groups excluding carboxylic acids is 1. The van der Waals surface area contributed by atoms with Crippen molar-refractivity contribution < 1.29 is 18.7 Å². The maximum absolute atomic E-state index is 13.1. The van der Waals surface area contributed by atoms with Gasteiger partial charge in [-0.3, -0.25) is 9.69 Å². The van der Waals surface area contributed by atoms with E-state index in [4.69, 9.17) is 13.9 Å². The fourth-order valence-electron chi connectivity index (χ4n) is 6.54. The van der Waals surface area contributed by atoms with Gasteiger partial charge < -0.3 is 13.9 Å². The van der Waals surface area contributed by atoms with Crippen molar-refractivity contribution in [2.45, 2.75) is 58.2 Å². The molecule has 0 spiro atoms. The third kappa shape index (κ3) is 4.48. The van der Waals surface area contributed by atoms with Gasteiger partial charge in [0.15, 0.2) is 0 Å². The minimum atomic E-state index is -0.109. The average molecular weight is 450 g/mol. The van der Waals surface area contributed by atoms with E-state index in [1.807, 2.05) is 24.3 Å². The normalized spacial score (nSPS) is 31.2. The van der Waals surface area contributed by atoms with E-state index in [0.717, 1.165) is 37.3 Å². The smallest absolute Gasteiger partial charge is 0.310 e. The predicted molar refractivity (Wildman–Crippen MR) is 126 cm³/mol. The quantitative estimate of drug-likeness (QED) is 0.407. The van der Waals surface area contributed by atoms with Crippen LogP contribution >= 0.6 is 0 Å². The second-order valence-corrected chi connectivity index (χ2v) is 10.5. The Morgan fingerprint density at radius 1 is 1.21 bits per heavy atom.